The van der Waals surface area contributed by atoms with Gasteiger partial charge in [-0.05, 0) is 18.6 Å². The molecule has 0 aliphatic carbocycles. The lowest BCUT2D eigenvalue weighted by atomic mass is 9.98. The monoisotopic (exact) mass is 430 g/mol. The molecule has 0 fully saturated rings. The molecule has 0 spiro atoms. The quantitative estimate of drug-likeness (QED) is 0.474. The molecule has 3 rings (SSSR count). The Bertz CT molecular complexity index is 1120. The van der Waals surface area contributed by atoms with Crippen molar-refractivity contribution in [2.75, 3.05) is 27.4 Å². The molecule has 8 nitrogen and oxygen atoms in total. The zero-order valence-electron chi connectivity index (χ0n) is 17.7. The molecule has 3 aromatic rings. The van der Waals surface area contributed by atoms with Crippen molar-refractivity contribution in [3.05, 3.63) is 46.1 Å². The topological polar surface area (TPSA) is 119 Å². The Hall–Kier alpha value is -3.23. The molecule has 0 saturated heterocycles. The predicted octanol–water partition coefficient (Wildman–Crippen LogP) is 2.87. The number of rotatable bonds is 9. The number of aromatic hydroxyl groups is 1. The lowest BCUT2D eigenvalue weighted by Gasteiger charge is -2.15. The van der Waals surface area contributed by atoms with E-state index < -0.39 is 12.7 Å². The smallest absolute Gasteiger partial charge is 0.197 e. The van der Waals surface area contributed by atoms with Crippen LogP contribution in [0.25, 0.3) is 22.3 Å². The second-order valence-corrected chi connectivity index (χ2v) is 7.01. The second-order valence-electron chi connectivity index (χ2n) is 7.01. The van der Waals surface area contributed by atoms with Gasteiger partial charge in [0.05, 0.1) is 20.8 Å². The first-order chi connectivity index (χ1) is 14.9. The summed E-state index contributed by atoms with van der Waals surface area (Å²) in [6.07, 6.45) is 0.287. The van der Waals surface area contributed by atoms with E-state index >= 15 is 0 Å². The molecule has 1 atom stereocenters. The largest absolute Gasteiger partial charge is 0.504 e. The number of hydrogen-bond donors (Lipinski definition) is 3. The van der Waals surface area contributed by atoms with E-state index in [4.69, 9.17) is 23.7 Å². The molecule has 0 saturated carbocycles. The highest BCUT2D eigenvalue weighted by atomic mass is 16.5. The first-order valence-electron chi connectivity index (χ1n) is 9.90. The minimum Gasteiger partial charge on any atom is -0.504 e. The van der Waals surface area contributed by atoms with Crippen LogP contribution in [0, 0.1) is 0 Å². The Labute approximate surface area is 179 Å². The number of ether oxygens (including phenoxy) is 3. The second kappa shape index (κ2) is 9.72. The van der Waals surface area contributed by atoms with Gasteiger partial charge in [-0.3, -0.25) is 4.79 Å². The van der Waals surface area contributed by atoms with E-state index in [1.54, 1.807) is 12.1 Å². The van der Waals surface area contributed by atoms with Crippen LogP contribution in [-0.2, 0) is 6.42 Å². The molecule has 1 aromatic heterocycles. The van der Waals surface area contributed by atoms with Crippen LogP contribution in [0.5, 0.6) is 23.0 Å². The minimum absolute atomic E-state index is 0.0113. The lowest BCUT2D eigenvalue weighted by molar-refractivity contribution is 0.0535. The summed E-state index contributed by atoms with van der Waals surface area (Å²) in [6, 6.07) is 7.76. The molecular weight excluding hydrogens is 404 g/mol. The summed E-state index contributed by atoms with van der Waals surface area (Å²) >= 11 is 0. The van der Waals surface area contributed by atoms with Gasteiger partial charge in [-0.15, -0.1) is 0 Å². The molecule has 0 bridgehead atoms. The SMILES string of the molecule is CCCc1c(-c2cc(=O)c3c(OC)cc(OCC(O)CO)cc3o2)ccc(OC)c1O. The van der Waals surface area contributed by atoms with Crippen molar-refractivity contribution >= 4 is 11.0 Å². The zero-order valence-corrected chi connectivity index (χ0v) is 17.7. The van der Waals surface area contributed by atoms with Gasteiger partial charge in [0.25, 0.3) is 0 Å². The number of aliphatic hydroxyl groups excluding tert-OH is 2. The Balaban J connectivity index is 2.17. The summed E-state index contributed by atoms with van der Waals surface area (Å²) < 4.78 is 22.1. The fraction of sp³-hybridized carbons (Fsp3) is 0.348. The van der Waals surface area contributed by atoms with Gasteiger partial charge in [0.2, 0.25) is 0 Å². The fourth-order valence-electron chi connectivity index (χ4n) is 3.36. The predicted molar refractivity (Wildman–Crippen MR) is 115 cm³/mol. The number of phenolic OH excluding ortho intramolecular Hbond substituents is 1. The third-order valence-electron chi connectivity index (χ3n) is 4.87. The number of hydrogen-bond acceptors (Lipinski definition) is 8. The van der Waals surface area contributed by atoms with Crippen molar-refractivity contribution in [1.29, 1.82) is 0 Å². The van der Waals surface area contributed by atoms with Crippen LogP contribution >= 0.6 is 0 Å². The van der Waals surface area contributed by atoms with E-state index in [-0.39, 0.29) is 40.3 Å². The molecule has 166 valence electrons. The van der Waals surface area contributed by atoms with Crippen molar-refractivity contribution in [2.24, 2.45) is 0 Å². The molecule has 8 heteroatoms. The highest BCUT2D eigenvalue weighted by Crippen LogP contribution is 2.39. The van der Waals surface area contributed by atoms with E-state index in [1.807, 2.05) is 6.92 Å². The highest BCUT2D eigenvalue weighted by molar-refractivity contribution is 5.86. The van der Waals surface area contributed by atoms with Crippen LogP contribution in [0.3, 0.4) is 0 Å². The van der Waals surface area contributed by atoms with Crippen molar-refractivity contribution in [1.82, 2.24) is 0 Å². The molecule has 2 aromatic carbocycles. The van der Waals surface area contributed by atoms with Crippen molar-refractivity contribution < 1.29 is 33.9 Å². The standard InChI is InChI=1S/C23H26O8/c1-4-5-16-15(6-7-18(28-2)23(16)27)19-10-17(26)22-20(29-3)8-14(9-21(22)31-19)30-12-13(25)11-24/h6-10,13,24-25,27H,4-5,11-12H2,1-3H3. The van der Waals surface area contributed by atoms with Gasteiger partial charge in [-0.2, -0.15) is 0 Å². The molecular formula is C23H26O8. The van der Waals surface area contributed by atoms with Gasteiger partial charge >= 0.3 is 0 Å². The maximum absolute atomic E-state index is 12.9. The number of benzene rings is 2. The van der Waals surface area contributed by atoms with Gasteiger partial charge in [-0.25, -0.2) is 0 Å². The normalized spacial score (nSPS) is 12.0. The Morgan fingerprint density at radius 1 is 1.10 bits per heavy atom. The zero-order chi connectivity index (χ0) is 22.5. The minimum atomic E-state index is -1.04. The van der Waals surface area contributed by atoms with E-state index in [9.17, 15) is 15.0 Å². The maximum atomic E-state index is 12.9. The van der Waals surface area contributed by atoms with Gasteiger partial charge < -0.3 is 33.9 Å². The van der Waals surface area contributed by atoms with Crippen LogP contribution in [0.15, 0.2) is 39.5 Å². The summed E-state index contributed by atoms with van der Waals surface area (Å²) in [7, 11) is 2.90. The Morgan fingerprint density at radius 2 is 1.84 bits per heavy atom. The third-order valence-corrected chi connectivity index (χ3v) is 4.87. The molecule has 31 heavy (non-hydrogen) atoms. The molecule has 1 unspecified atom stereocenters. The summed E-state index contributed by atoms with van der Waals surface area (Å²) in [5.41, 5.74) is 1.12. The lowest BCUT2D eigenvalue weighted by Crippen LogP contribution is -2.21. The van der Waals surface area contributed by atoms with E-state index in [1.165, 1.54) is 32.4 Å². The van der Waals surface area contributed by atoms with Gasteiger partial charge in [0.15, 0.2) is 16.9 Å². The third kappa shape index (κ3) is 4.60. The van der Waals surface area contributed by atoms with E-state index in [2.05, 4.69) is 0 Å². The molecule has 0 amide bonds. The van der Waals surface area contributed by atoms with Crippen LogP contribution in [0.4, 0.5) is 0 Å². The van der Waals surface area contributed by atoms with Crippen LogP contribution in [-0.4, -0.2) is 48.9 Å². The first-order valence-corrected chi connectivity index (χ1v) is 9.90. The van der Waals surface area contributed by atoms with Crippen LogP contribution in [0.2, 0.25) is 0 Å². The van der Waals surface area contributed by atoms with Crippen LogP contribution in [0.1, 0.15) is 18.9 Å². The maximum Gasteiger partial charge on any atom is 0.197 e. The van der Waals surface area contributed by atoms with Gasteiger partial charge in [-0.1, -0.05) is 13.3 Å². The summed E-state index contributed by atoms with van der Waals surface area (Å²) in [6.45, 7) is 1.40. The summed E-state index contributed by atoms with van der Waals surface area (Å²) in [5.74, 6) is 1.21. The Morgan fingerprint density at radius 3 is 2.48 bits per heavy atom. The molecule has 1 heterocycles. The van der Waals surface area contributed by atoms with Crippen molar-refractivity contribution in [3.63, 3.8) is 0 Å². The molecule has 0 aliphatic rings. The number of aliphatic hydroxyl groups is 2. The fourth-order valence-corrected chi connectivity index (χ4v) is 3.36. The summed E-state index contributed by atoms with van der Waals surface area (Å²) in [5, 5.41) is 29.3. The molecule has 0 radical (unpaired) electrons. The van der Waals surface area contributed by atoms with E-state index in [0.717, 1.165) is 6.42 Å². The van der Waals surface area contributed by atoms with E-state index in [0.29, 0.717) is 29.0 Å². The van der Waals surface area contributed by atoms with Crippen LogP contribution < -0.4 is 19.6 Å². The number of methoxy groups -OCH3 is 2. The van der Waals surface area contributed by atoms with Crippen molar-refractivity contribution in [3.8, 4) is 34.3 Å². The first kappa shape index (κ1) is 22.5. The Kier molecular flexibility index (Phi) is 7.04. The van der Waals surface area contributed by atoms with Gasteiger partial charge in [0.1, 0.15) is 40.9 Å². The number of fused-ring (bicyclic) bond motifs is 1. The average Bonchev–Trinajstić information content (AvgIpc) is 2.77. The molecule has 3 N–H and O–H groups in total. The highest BCUT2D eigenvalue weighted by Gasteiger charge is 2.19. The van der Waals surface area contributed by atoms with Crippen molar-refractivity contribution in [2.45, 2.75) is 25.9 Å². The average molecular weight is 430 g/mol. The number of phenols is 1. The van der Waals surface area contributed by atoms with Gasteiger partial charge in [0, 0.05) is 29.3 Å². The molecule has 0 aliphatic heterocycles. The summed E-state index contributed by atoms with van der Waals surface area (Å²) in [4.78, 5) is 12.9.